The van der Waals surface area contributed by atoms with E-state index >= 15 is 0 Å². The minimum absolute atomic E-state index is 0.106. The first-order valence-corrected chi connectivity index (χ1v) is 5.40. The largest absolute Gasteiger partial charge is 0.508 e. The molecule has 0 bridgehead atoms. The Kier molecular flexibility index (Phi) is 3.24. The molecule has 0 radical (unpaired) electrons. The van der Waals surface area contributed by atoms with E-state index in [1.807, 2.05) is 0 Å². The molecular weight excluding hydrogens is 250 g/mol. The number of aryl methyl sites for hydroxylation is 1. The maximum absolute atomic E-state index is 11.9. The number of aromatic hydroxyl groups is 1. The Morgan fingerprint density at radius 3 is 2.58 bits per heavy atom. The van der Waals surface area contributed by atoms with Crippen LogP contribution in [-0.2, 0) is 0 Å². The molecule has 1 amide bonds. The van der Waals surface area contributed by atoms with Crippen molar-refractivity contribution in [1.82, 2.24) is 0 Å². The molecule has 19 heavy (non-hydrogen) atoms. The van der Waals surface area contributed by atoms with E-state index in [9.17, 15) is 14.7 Å². The summed E-state index contributed by atoms with van der Waals surface area (Å²) in [4.78, 5) is 22.9. The number of benzene rings is 1. The van der Waals surface area contributed by atoms with Gasteiger partial charge in [-0.3, -0.25) is 4.79 Å². The summed E-state index contributed by atoms with van der Waals surface area (Å²) in [6, 6.07) is 5.22. The SMILES string of the molecule is Cc1cc(C(=O)Nc2ccc(O)cc2C(=O)O)co1. The van der Waals surface area contributed by atoms with Gasteiger partial charge in [0.1, 0.15) is 17.8 Å². The second-order valence-electron chi connectivity index (χ2n) is 3.94. The van der Waals surface area contributed by atoms with Crippen molar-refractivity contribution in [2.45, 2.75) is 6.92 Å². The zero-order valence-electron chi connectivity index (χ0n) is 10.0. The number of aromatic carboxylic acids is 1. The number of nitrogens with one attached hydrogen (secondary N) is 1. The summed E-state index contributed by atoms with van der Waals surface area (Å²) in [5, 5.41) is 20.7. The number of hydrogen-bond acceptors (Lipinski definition) is 4. The highest BCUT2D eigenvalue weighted by Gasteiger charge is 2.15. The number of furan rings is 1. The Hall–Kier alpha value is -2.76. The van der Waals surface area contributed by atoms with Crippen molar-refractivity contribution in [2.24, 2.45) is 0 Å². The normalized spacial score (nSPS) is 10.2. The van der Waals surface area contributed by atoms with E-state index < -0.39 is 11.9 Å². The summed E-state index contributed by atoms with van der Waals surface area (Å²) in [5.41, 5.74) is 0.213. The molecule has 0 saturated heterocycles. The fraction of sp³-hybridized carbons (Fsp3) is 0.0769. The van der Waals surface area contributed by atoms with Gasteiger partial charge in [-0.15, -0.1) is 0 Å². The summed E-state index contributed by atoms with van der Waals surface area (Å²) >= 11 is 0. The fourth-order valence-corrected chi connectivity index (χ4v) is 1.58. The maximum Gasteiger partial charge on any atom is 0.337 e. The molecule has 1 aromatic carbocycles. The molecule has 2 rings (SSSR count). The predicted octanol–water partition coefficient (Wildman–Crippen LogP) is 2.24. The lowest BCUT2D eigenvalue weighted by Gasteiger charge is -2.07. The van der Waals surface area contributed by atoms with Gasteiger partial charge < -0.3 is 19.9 Å². The minimum atomic E-state index is -1.24. The number of amides is 1. The molecule has 1 aromatic heterocycles. The average Bonchev–Trinajstić information content (AvgIpc) is 2.78. The molecule has 0 fully saturated rings. The van der Waals surface area contributed by atoms with E-state index in [1.165, 1.54) is 24.5 Å². The lowest BCUT2D eigenvalue weighted by molar-refractivity contribution is 0.0697. The first kappa shape index (κ1) is 12.7. The van der Waals surface area contributed by atoms with Crippen LogP contribution >= 0.6 is 0 Å². The van der Waals surface area contributed by atoms with Crippen molar-refractivity contribution in [3.8, 4) is 5.75 Å². The molecule has 0 saturated carbocycles. The van der Waals surface area contributed by atoms with Gasteiger partial charge in [0.05, 0.1) is 16.8 Å². The van der Waals surface area contributed by atoms with Crippen LogP contribution in [0.4, 0.5) is 5.69 Å². The smallest absolute Gasteiger partial charge is 0.337 e. The Labute approximate surface area is 108 Å². The van der Waals surface area contributed by atoms with Crippen LogP contribution in [0, 0.1) is 6.92 Å². The van der Waals surface area contributed by atoms with Gasteiger partial charge in [-0.25, -0.2) is 4.79 Å². The third kappa shape index (κ3) is 2.74. The van der Waals surface area contributed by atoms with Crippen molar-refractivity contribution >= 4 is 17.6 Å². The Bertz CT molecular complexity index is 644. The summed E-state index contributed by atoms with van der Waals surface area (Å²) in [6.07, 6.45) is 1.28. The molecule has 0 aliphatic heterocycles. The van der Waals surface area contributed by atoms with Gasteiger partial charge in [0.25, 0.3) is 5.91 Å². The van der Waals surface area contributed by atoms with Crippen LogP contribution in [0.25, 0.3) is 0 Å². The van der Waals surface area contributed by atoms with Crippen LogP contribution in [-0.4, -0.2) is 22.1 Å². The van der Waals surface area contributed by atoms with Crippen molar-refractivity contribution in [1.29, 1.82) is 0 Å². The average molecular weight is 261 g/mol. The first-order valence-electron chi connectivity index (χ1n) is 5.40. The maximum atomic E-state index is 11.9. The molecule has 0 aliphatic carbocycles. The summed E-state index contributed by atoms with van der Waals surface area (Å²) < 4.78 is 5.00. The van der Waals surface area contributed by atoms with Crippen LogP contribution in [0.1, 0.15) is 26.5 Å². The standard InChI is InChI=1S/C13H11NO5/c1-7-4-8(6-19-7)12(16)14-11-3-2-9(15)5-10(11)13(17)18/h2-6,15H,1H3,(H,14,16)(H,17,18). The topological polar surface area (TPSA) is 99.8 Å². The van der Waals surface area contributed by atoms with Gasteiger partial charge in [-0.1, -0.05) is 0 Å². The number of carboxylic acids is 1. The van der Waals surface area contributed by atoms with Gasteiger partial charge in [0.2, 0.25) is 0 Å². The van der Waals surface area contributed by atoms with Crippen molar-refractivity contribution in [3.05, 3.63) is 47.4 Å². The molecule has 0 aliphatic rings. The Morgan fingerprint density at radius 1 is 1.26 bits per heavy atom. The van der Waals surface area contributed by atoms with E-state index in [1.54, 1.807) is 6.92 Å². The molecule has 0 unspecified atom stereocenters. The quantitative estimate of drug-likeness (QED) is 0.736. The highest BCUT2D eigenvalue weighted by atomic mass is 16.4. The van der Waals surface area contributed by atoms with Crippen LogP contribution in [0.15, 0.2) is 34.9 Å². The zero-order chi connectivity index (χ0) is 14.0. The second kappa shape index (κ2) is 4.85. The van der Waals surface area contributed by atoms with E-state index in [0.717, 1.165) is 6.07 Å². The van der Waals surface area contributed by atoms with Gasteiger partial charge in [-0.05, 0) is 31.2 Å². The lowest BCUT2D eigenvalue weighted by atomic mass is 10.1. The summed E-state index contributed by atoms with van der Waals surface area (Å²) in [6.45, 7) is 1.69. The van der Waals surface area contributed by atoms with E-state index in [2.05, 4.69) is 5.32 Å². The van der Waals surface area contributed by atoms with Crippen LogP contribution in [0.2, 0.25) is 0 Å². The predicted molar refractivity (Wildman–Crippen MR) is 66.5 cm³/mol. The number of carboxylic acid groups (broad SMARTS) is 1. The number of phenolic OH excluding ortho intramolecular Hbond substituents is 1. The molecule has 98 valence electrons. The van der Waals surface area contributed by atoms with Crippen LogP contribution in [0.5, 0.6) is 5.75 Å². The Morgan fingerprint density at radius 2 is 2.00 bits per heavy atom. The molecular formula is C13H11NO5. The Balaban J connectivity index is 2.28. The van der Waals surface area contributed by atoms with Crippen molar-refractivity contribution < 1.29 is 24.2 Å². The number of rotatable bonds is 3. The van der Waals surface area contributed by atoms with Gasteiger partial charge in [0, 0.05) is 0 Å². The fourth-order valence-electron chi connectivity index (χ4n) is 1.58. The zero-order valence-corrected chi connectivity index (χ0v) is 10.0. The number of carbonyl (C=O) groups is 2. The van der Waals surface area contributed by atoms with Crippen molar-refractivity contribution in [2.75, 3.05) is 5.32 Å². The second-order valence-corrected chi connectivity index (χ2v) is 3.94. The monoisotopic (exact) mass is 261 g/mol. The molecule has 0 spiro atoms. The van der Waals surface area contributed by atoms with E-state index in [0.29, 0.717) is 11.3 Å². The lowest BCUT2D eigenvalue weighted by Crippen LogP contribution is -2.14. The van der Waals surface area contributed by atoms with Gasteiger partial charge in [0.15, 0.2) is 0 Å². The molecule has 0 atom stereocenters. The highest BCUT2D eigenvalue weighted by molar-refractivity contribution is 6.07. The van der Waals surface area contributed by atoms with Crippen LogP contribution in [0.3, 0.4) is 0 Å². The molecule has 1 heterocycles. The van der Waals surface area contributed by atoms with E-state index in [4.69, 9.17) is 9.52 Å². The highest BCUT2D eigenvalue weighted by Crippen LogP contribution is 2.22. The number of hydrogen-bond donors (Lipinski definition) is 3. The van der Waals surface area contributed by atoms with Gasteiger partial charge >= 0.3 is 5.97 Å². The summed E-state index contributed by atoms with van der Waals surface area (Å²) in [5.74, 6) is -1.33. The molecule has 6 heteroatoms. The number of carbonyl (C=O) groups excluding carboxylic acids is 1. The number of anilines is 1. The molecule has 3 N–H and O–H groups in total. The van der Waals surface area contributed by atoms with E-state index in [-0.39, 0.29) is 17.0 Å². The van der Waals surface area contributed by atoms with Gasteiger partial charge in [-0.2, -0.15) is 0 Å². The third-order valence-corrected chi connectivity index (χ3v) is 2.47. The third-order valence-electron chi connectivity index (χ3n) is 2.47. The molecule has 6 nitrogen and oxygen atoms in total. The van der Waals surface area contributed by atoms with Crippen molar-refractivity contribution in [3.63, 3.8) is 0 Å². The number of phenols is 1. The summed E-state index contributed by atoms with van der Waals surface area (Å²) in [7, 11) is 0. The molecule has 2 aromatic rings. The minimum Gasteiger partial charge on any atom is -0.508 e. The first-order chi connectivity index (χ1) is 8.97. The van der Waals surface area contributed by atoms with Crippen LogP contribution < -0.4 is 5.32 Å².